The predicted molar refractivity (Wildman–Crippen MR) is 122 cm³/mol. The highest BCUT2D eigenvalue weighted by atomic mass is 16.5. The highest BCUT2D eigenvalue weighted by molar-refractivity contribution is 5.80. The number of aliphatic imine (C=N–C) groups is 1. The summed E-state index contributed by atoms with van der Waals surface area (Å²) in [5, 5.41) is 3.52. The molecule has 0 aliphatic carbocycles. The SMILES string of the molecule is CN=C(NCc1cccc(COC(C)C)c1)N1CCC(COCc2ccccc2)C1. The van der Waals surface area contributed by atoms with Crippen LogP contribution in [0.4, 0.5) is 0 Å². The second-order valence-corrected chi connectivity index (χ2v) is 8.18. The summed E-state index contributed by atoms with van der Waals surface area (Å²) < 4.78 is 11.7. The first kappa shape index (κ1) is 22.3. The van der Waals surface area contributed by atoms with Gasteiger partial charge in [0, 0.05) is 32.6 Å². The normalized spacial score (nSPS) is 17.0. The second kappa shape index (κ2) is 11.7. The van der Waals surface area contributed by atoms with Crippen molar-refractivity contribution in [3.63, 3.8) is 0 Å². The van der Waals surface area contributed by atoms with Crippen molar-refractivity contribution < 1.29 is 9.47 Å². The van der Waals surface area contributed by atoms with Crippen LogP contribution in [0.2, 0.25) is 0 Å². The summed E-state index contributed by atoms with van der Waals surface area (Å²) in [6.45, 7) is 9.00. The number of nitrogens with zero attached hydrogens (tertiary/aromatic N) is 2. The topological polar surface area (TPSA) is 46.1 Å². The fourth-order valence-electron chi connectivity index (χ4n) is 3.68. The van der Waals surface area contributed by atoms with Crippen molar-refractivity contribution in [1.82, 2.24) is 10.2 Å². The molecular formula is C25H35N3O2. The molecule has 0 radical (unpaired) electrons. The zero-order valence-electron chi connectivity index (χ0n) is 18.5. The van der Waals surface area contributed by atoms with Crippen molar-refractivity contribution in [2.45, 2.75) is 46.1 Å². The quantitative estimate of drug-likeness (QED) is 0.497. The highest BCUT2D eigenvalue weighted by Gasteiger charge is 2.24. The van der Waals surface area contributed by atoms with E-state index in [2.05, 4.69) is 77.6 Å². The van der Waals surface area contributed by atoms with Crippen LogP contribution in [0.25, 0.3) is 0 Å². The van der Waals surface area contributed by atoms with Gasteiger partial charge in [-0.3, -0.25) is 4.99 Å². The van der Waals surface area contributed by atoms with E-state index in [0.717, 1.165) is 38.6 Å². The molecule has 0 spiro atoms. The molecule has 30 heavy (non-hydrogen) atoms. The van der Waals surface area contributed by atoms with Gasteiger partial charge in [-0.25, -0.2) is 0 Å². The van der Waals surface area contributed by atoms with E-state index in [4.69, 9.17) is 9.47 Å². The maximum Gasteiger partial charge on any atom is 0.193 e. The molecule has 0 amide bonds. The first-order valence-electron chi connectivity index (χ1n) is 10.9. The Morgan fingerprint density at radius 2 is 1.83 bits per heavy atom. The molecule has 0 saturated carbocycles. The van der Waals surface area contributed by atoms with Gasteiger partial charge in [-0.05, 0) is 37.0 Å². The van der Waals surface area contributed by atoms with Crippen LogP contribution in [0.1, 0.15) is 37.0 Å². The lowest BCUT2D eigenvalue weighted by Crippen LogP contribution is -2.39. The van der Waals surface area contributed by atoms with Crippen LogP contribution in [0, 0.1) is 5.92 Å². The van der Waals surface area contributed by atoms with Gasteiger partial charge in [0.15, 0.2) is 5.96 Å². The smallest absolute Gasteiger partial charge is 0.193 e. The molecule has 1 unspecified atom stereocenters. The van der Waals surface area contributed by atoms with Crippen molar-refractivity contribution in [1.29, 1.82) is 0 Å². The molecule has 1 atom stereocenters. The molecule has 1 fully saturated rings. The largest absolute Gasteiger partial charge is 0.376 e. The summed E-state index contributed by atoms with van der Waals surface area (Å²) in [6.07, 6.45) is 1.38. The van der Waals surface area contributed by atoms with Crippen molar-refractivity contribution in [2.75, 3.05) is 26.7 Å². The Morgan fingerprint density at radius 1 is 1.07 bits per heavy atom. The van der Waals surface area contributed by atoms with Gasteiger partial charge in [0.1, 0.15) is 0 Å². The third kappa shape index (κ3) is 7.15. The number of benzene rings is 2. The van der Waals surface area contributed by atoms with Gasteiger partial charge >= 0.3 is 0 Å². The van der Waals surface area contributed by atoms with Crippen LogP contribution in [-0.2, 0) is 29.2 Å². The minimum Gasteiger partial charge on any atom is -0.376 e. The number of hydrogen-bond acceptors (Lipinski definition) is 3. The van der Waals surface area contributed by atoms with Gasteiger partial charge in [-0.15, -0.1) is 0 Å². The van der Waals surface area contributed by atoms with Gasteiger partial charge in [0.05, 0.1) is 25.9 Å². The van der Waals surface area contributed by atoms with Crippen molar-refractivity contribution in [3.8, 4) is 0 Å². The van der Waals surface area contributed by atoms with Crippen LogP contribution in [-0.4, -0.2) is 43.7 Å². The molecule has 1 aliphatic heterocycles. The Kier molecular flexibility index (Phi) is 8.72. The molecule has 2 aromatic rings. The number of likely N-dealkylation sites (tertiary alicyclic amines) is 1. The first-order chi connectivity index (χ1) is 14.6. The standard InChI is InChI=1S/C25H35N3O2/c1-20(2)30-19-23-11-7-10-22(14-23)15-27-25(26-3)28-13-12-24(16-28)18-29-17-21-8-5-4-6-9-21/h4-11,14,20,24H,12-13,15-19H2,1-3H3,(H,26,27). The Bertz CT molecular complexity index is 792. The van der Waals surface area contributed by atoms with E-state index in [1.807, 2.05) is 13.1 Å². The lowest BCUT2D eigenvalue weighted by atomic mass is 10.1. The van der Waals surface area contributed by atoms with E-state index < -0.39 is 0 Å². The minimum absolute atomic E-state index is 0.241. The van der Waals surface area contributed by atoms with Crippen LogP contribution in [0.3, 0.4) is 0 Å². The van der Waals surface area contributed by atoms with Crippen molar-refractivity contribution in [2.24, 2.45) is 10.9 Å². The van der Waals surface area contributed by atoms with Crippen molar-refractivity contribution >= 4 is 5.96 Å². The number of rotatable bonds is 9. The van der Waals surface area contributed by atoms with Crippen LogP contribution in [0.15, 0.2) is 59.6 Å². The maximum absolute atomic E-state index is 5.95. The minimum atomic E-state index is 0.241. The van der Waals surface area contributed by atoms with Gasteiger partial charge in [-0.2, -0.15) is 0 Å². The van der Waals surface area contributed by atoms with Crippen LogP contribution in [0.5, 0.6) is 0 Å². The third-order valence-corrected chi connectivity index (χ3v) is 5.29. The van der Waals surface area contributed by atoms with Crippen LogP contribution < -0.4 is 5.32 Å². The highest BCUT2D eigenvalue weighted by Crippen LogP contribution is 2.17. The third-order valence-electron chi connectivity index (χ3n) is 5.29. The number of hydrogen-bond donors (Lipinski definition) is 1. The summed E-state index contributed by atoms with van der Waals surface area (Å²) in [5.41, 5.74) is 3.67. The molecule has 0 aromatic heterocycles. The zero-order valence-corrected chi connectivity index (χ0v) is 18.5. The number of guanidine groups is 1. The number of nitrogens with one attached hydrogen (secondary N) is 1. The summed E-state index contributed by atoms with van der Waals surface area (Å²) >= 11 is 0. The fraction of sp³-hybridized carbons (Fsp3) is 0.480. The molecule has 0 bridgehead atoms. The Labute approximate surface area is 181 Å². The van der Waals surface area contributed by atoms with Crippen LogP contribution >= 0.6 is 0 Å². The summed E-state index contributed by atoms with van der Waals surface area (Å²) in [7, 11) is 1.86. The monoisotopic (exact) mass is 409 g/mol. The van der Waals surface area contributed by atoms with Gasteiger partial charge in [0.25, 0.3) is 0 Å². The van der Waals surface area contributed by atoms with Gasteiger partial charge in [-0.1, -0.05) is 54.6 Å². The molecule has 5 heteroatoms. The van der Waals surface area contributed by atoms with E-state index in [-0.39, 0.29) is 6.10 Å². The fourth-order valence-corrected chi connectivity index (χ4v) is 3.68. The first-order valence-corrected chi connectivity index (χ1v) is 10.9. The summed E-state index contributed by atoms with van der Waals surface area (Å²) in [4.78, 5) is 6.83. The molecule has 1 heterocycles. The molecule has 3 rings (SSSR count). The lowest BCUT2D eigenvalue weighted by molar-refractivity contribution is 0.0657. The average molecular weight is 410 g/mol. The maximum atomic E-state index is 5.95. The Balaban J connectivity index is 1.42. The van der Waals surface area contributed by atoms with Crippen molar-refractivity contribution in [3.05, 3.63) is 71.3 Å². The Hall–Kier alpha value is -2.37. The predicted octanol–water partition coefficient (Wildman–Crippen LogP) is 4.23. The molecule has 1 N–H and O–H groups in total. The summed E-state index contributed by atoms with van der Waals surface area (Å²) in [5.74, 6) is 1.51. The number of ether oxygens (including phenoxy) is 2. The zero-order chi connectivity index (χ0) is 21.2. The summed E-state index contributed by atoms with van der Waals surface area (Å²) in [6, 6.07) is 18.9. The average Bonchev–Trinajstić information content (AvgIpc) is 3.22. The molecule has 2 aromatic carbocycles. The second-order valence-electron chi connectivity index (χ2n) is 8.18. The molecule has 1 aliphatic rings. The molecule has 1 saturated heterocycles. The lowest BCUT2D eigenvalue weighted by Gasteiger charge is -2.22. The van der Waals surface area contributed by atoms with Gasteiger partial charge < -0.3 is 19.7 Å². The van der Waals surface area contributed by atoms with Gasteiger partial charge in [0.2, 0.25) is 0 Å². The molecule has 162 valence electrons. The van der Waals surface area contributed by atoms with E-state index in [1.165, 1.54) is 16.7 Å². The molecule has 5 nitrogen and oxygen atoms in total. The van der Waals surface area contributed by atoms with E-state index in [0.29, 0.717) is 19.1 Å². The van der Waals surface area contributed by atoms with E-state index in [9.17, 15) is 0 Å². The van der Waals surface area contributed by atoms with E-state index in [1.54, 1.807) is 0 Å². The Morgan fingerprint density at radius 3 is 2.60 bits per heavy atom. The molecular weight excluding hydrogens is 374 g/mol. The van der Waals surface area contributed by atoms with E-state index >= 15 is 0 Å².